The summed E-state index contributed by atoms with van der Waals surface area (Å²) in [5, 5.41) is 4.25. The monoisotopic (exact) mass is 408 g/mol. The molecule has 0 saturated heterocycles. The molecule has 0 spiro atoms. The highest BCUT2D eigenvalue weighted by Gasteiger charge is 2.13. The van der Waals surface area contributed by atoms with Gasteiger partial charge in [0.05, 0.1) is 12.8 Å². The topological polar surface area (TPSA) is 47.7 Å². The SMILES string of the molecule is COc1ccc(OCc2nc(CN(C)Cc3c(C)oc4ccccc34)cs2)cc1. The van der Waals surface area contributed by atoms with Crippen LogP contribution in [0.4, 0.5) is 0 Å². The second-order valence-electron chi connectivity index (χ2n) is 7.00. The van der Waals surface area contributed by atoms with Crippen molar-refractivity contribution >= 4 is 22.3 Å². The van der Waals surface area contributed by atoms with Crippen LogP contribution < -0.4 is 9.47 Å². The van der Waals surface area contributed by atoms with Crippen molar-refractivity contribution in [1.29, 1.82) is 0 Å². The number of ether oxygens (including phenoxy) is 2. The number of furan rings is 1. The molecule has 4 aromatic rings. The first-order chi connectivity index (χ1) is 14.1. The number of fused-ring (bicyclic) bond motifs is 1. The predicted octanol–water partition coefficient (Wildman–Crippen LogP) is 5.42. The maximum absolute atomic E-state index is 5.88. The average molecular weight is 409 g/mol. The molecule has 0 fully saturated rings. The number of rotatable bonds is 8. The summed E-state index contributed by atoms with van der Waals surface area (Å²) in [4.78, 5) is 6.97. The van der Waals surface area contributed by atoms with Crippen molar-refractivity contribution in [2.75, 3.05) is 14.2 Å². The number of para-hydroxylation sites is 1. The van der Waals surface area contributed by atoms with Gasteiger partial charge in [0.25, 0.3) is 0 Å². The molecule has 150 valence electrons. The Balaban J connectivity index is 1.35. The van der Waals surface area contributed by atoms with Gasteiger partial charge in [0.2, 0.25) is 0 Å². The fourth-order valence-corrected chi connectivity index (χ4v) is 4.02. The van der Waals surface area contributed by atoms with Crippen LogP contribution in [0.1, 0.15) is 22.0 Å². The van der Waals surface area contributed by atoms with E-state index in [-0.39, 0.29) is 0 Å². The van der Waals surface area contributed by atoms with E-state index in [2.05, 4.69) is 29.5 Å². The van der Waals surface area contributed by atoms with Crippen molar-refractivity contribution in [1.82, 2.24) is 9.88 Å². The Kier molecular flexibility index (Phi) is 5.83. The Morgan fingerprint density at radius 2 is 1.79 bits per heavy atom. The summed E-state index contributed by atoms with van der Waals surface area (Å²) < 4.78 is 16.9. The first-order valence-electron chi connectivity index (χ1n) is 9.48. The third kappa shape index (κ3) is 4.60. The van der Waals surface area contributed by atoms with Gasteiger partial charge in [-0.1, -0.05) is 18.2 Å². The first-order valence-corrected chi connectivity index (χ1v) is 10.4. The number of aryl methyl sites for hydroxylation is 1. The molecule has 0 saturated carbocycles. The van der Waals surface area contributed by atoms with Crippen molar-refractivity contribution in [2.45, 2.75) is 26.6 Å². The van der Waals surface area contributed by atoms with Crippen LogP contribution in [-0.4, -0.2) is 24.0 Å². The Bertz CT molecular complexity index is 1090. The van der Waals surface area contributed by atoms with Gasteiger partial charge in [-0.05, 0) is 44.3 Å². The van der Waals surface area contributed by atoms with E-state index in [0.717, 1.165) is 46.6 Å². The number of aromatic nitrogens is 1. The van der Waals surface area contributed by atoms with Gasteiger partial charge in [-0.25, -0.2) is 4.98 Å². The number of benzene rings is 2. The van der Waals surface area contributed by atoms with Crippen LogP contribution in [-0.2, 0) is 19.7 Å². The summed E-state index contributed by atoms with van der Waals surface area (Å²) in [6.07, 6.45) is 0. The van der Waals surface area contributed by atoms with Crippen molar-refractivity contribution in [2.24, 2.45) is 0 Å². The molecule has 0 aliphatic heterocycles. The van der Waals surface area contributed by atoms with Gasteiger partial charge in [0.1, 0.15) is 34.5 Å². The number of hydrogen-bond acceptors (Lipinski definition) is 6. The maximum Gasteiger partial charge on any atom is 0.140 e. The van der Waals surface area contributed by atoms with Gasteiger partial charge in [0.15, 0.2) is 0 Å². The van der Waals surface area contributed by atoms with Crippen LogP contribution in [0.25, 0.3) is 11.0 Å². The molecule has 4 rings (SSSR count). The Morgan fingerprint density at radius 3 is 2.59 bits per heavy atom. The normalized spacial score (nSPS) is 11.3. The summed E-state index contributed by atoms with van der Waals surface area (Å²) in [7, 11) is 3.76. The Morgan fingerprint density at radius 1 is 1.03 bits per heavy atom. The zero-order valence-electron chi connectivity index (χ0n) is 16.8. The highest BCUT2D eigenvalue weighted by molar-refractivity contribution is 7.09. The zero-order valence-corrected chi connectivity index (χ0v) is 17.7. The third-order valence-electron chi connectivity index (χ3n) is 4.78. The summed E-state index contributed by atoms with van der Waals surface area (Å²) in [6, 6.07) is 15.8. The Labute approximate surface area is 174 Å². The van der Waals surface area contributed by atoms with E-state index in [9.17, 15) is 0 Å². The molecule has 0 amide bonds. The van der Waals surface area contributed by atoms with E-state index in [1.807, 2.05) is 43.3 Å². The van der Waals surface area contributed by atoms with Gasteiger partial charge in [-0.2, -0.15) is 0 Å². The maximum atomic E-state index is 5.88. The standard InChI is InChI=1S/C23H24N2O3S/c1-16-21(20-6-4-5-7-22(20)28-16)13-25(2)12-17-15-29-23(24-17)14-27-19-10-8-18(26-3)9-11-19/h4-11,15H,12-14H2,1-3H3. The lowest BCUT2D eigenvalue weighted by molar-refractivity contribution is 0.300. The van der Waals surface area contributed by atoms with Crippen LogP contribution in [0.3, 0.4) is 0 Å². The molecule has 0 radical (unpaired) electrons. The van der Waals surface area contributed by atoms with Gasteiger partial charge in [-0.15, -0.1) is 11.3 Å². The smallest absolute Gasteiger partial charge is 0.140 e. The number of nitrogens with zero attached hydrogens (tertiary/aromatic N) is 2. The van der Waals surface area contributed by atoms with Crippen molar-refractivity contribution in [3.05, 3.63) is 75.9 Å². The van der Waals surface area contributed by atoms with Crippen LogP contribution in [0.2, 0.25) is 0 Å². The largest absolute Gasteiger partial charge is 0.497 e. The van der Waals surface area contributed by atoms with Crippen molar-refractivity contribution in [3.8, 4) is 11.5 Å². The van der Waals surface area contributed by atoms with Crippen LogP contribution in [0.15, 0.2) is 58.3 Å². The molecule has 0 N–H and O–H groups in total. The third-order valence-corrected chi connectivity index (χ3v) is 5.65. The lowest BCUT2D eigenvalue weighted by atomic mass is 10.1. The first kappa shape index (κ1) is 19.5. The van der Waals surface area contributed by atoms with E-state index < -0.39 is 0 Å². The Hall–Kier alpha value is -2.83. The quantitative estimate of drug-likeness (QED) is 0.390. The highest BCUT2D eigenvalue weighted by atomic mass is 32.1. The molecule has 0 unspecified atom stereocenters. The van der Waals surface area contributed by atoms with Gasteiger partial charge in [0, 0.05) is 29.4 Å². The molecule has 6 heteroatoms. The van der Waals surface area contributed by atoms with E-state index in [1.165, 1.54) is 10.9 Å². The molecule has 2 heterocycles. The summed E-state index contributed by atoms with van der Waals surface area (Å²) in [5.74, 6) is 2.60. The number of methoxy groups -OCH3 is 1. The second-order valence-corrected chi connectivity index (χ2v) is 7.94. The predicted molar refractivity (Wildman–Crippen MR) is 116 cm³/mol. The average Bonchev–Trinajstić information content (AvgIpc) is 3.31. The fourth-order valence-electron chi connectivity index (χ4n) is 3.32. The molecule has 2 aromatic carbocycles. The molecular formula is C23H24N2O3S. The van der Waals surface area contributed by atoms with Crippen molar-refractivity contribution in [3.63, 3.8) is 0 Å². The molecule has 29 heavy (non-hydrogen) atoms. The van der Waals surface area contributed by atoms with Gasteiger partial charge < -0.3 is 13.9 Å². The lowest BCUT2D eigenvalue weighted by Crippen LogP contribution is -2.17. The number of thiazole rings is 1. The minimum absolute atomic E-state index is 0.464. The molecule has 0 atom stereocenters. The summed E-state index contributed by atoms with van der Waals surface area (Å²) in [5.41, 5.74) is 3.23. The molecular weight excluding hydrogens is 384 g/mol. The molecule has 5 nitrogen and oxygen atoms in total. The molecule has 0 aliphatic rings. The molecule has 2 aromatic heterocycles. The van der Waals surface area contributed by atoms with E-state index in [1.54, 1.807) is 18.4 Å². The van der Waals surface area contributed by atoms with E-state index in [4.69, 9.17) is 18.9 Å². The van der Waals surface area contributed by atoms with Crippen LogP contribution in [0, 0.1) is 6.92 Å². The van der Waals surface area contributed by atoms with Gasteiger partial charge >= 0.3 is 0 Å². The van der Waals surface area contributed by atoms with Crippen LogP contribution in [0.5, 0.6) is 11.5 Å². The van der Waals surface area contributed by atoms with Crippen molar-refractivity contribution < 1.29 is 13.9 Å². The van der Waals surface area contributed by atoms with Crippen LogP contribution >= 0.6 is 11.3 Å². The molecule has 0 aliphatic carbocycles. The summed E-state index contributed by atoms with van der Waals surface area (Å²) in [6.45, 7) is 4.09. The highest BCUT2D eigenvalue weighted by Crippen LogP contribution is 2.26. The minimum Gasteiger partial charge on any atom is -0.497 e. The zero-order chi connectivity index (χ0) is 20.2. The van der Waals surface area contributed by atoms with E-state index >= 15 is 0 Å². The van der Waals surface area contributed by atoms with E-state index in [0.29, 0.717) is 6.61 Å². The number of hydrogen-bond donors (Lipinski definition) is 0. The lowest BCUT2D eigenvalue weighted by Gasteiger charge is -2.15. The molecule has 0 bridgehead atoms. The van der Waals surface area contributed by atoms with Gasteiger partial charge in [-0.3, -0.25) is 4.90 Å². The minimum atomic E-state index is 0.464. The summed E-state index contributed by atoms with van der Waals surface area (Å²) >= 11 is 1.63. The second kappa shape index (κ2) is 8.68. The fraction of sp³-hybridized carbons (Fsp3) is 0.261.